The molecule has 1 aromatic heterocycles. The number of hydrogen-bond acceptors (Lipinski definition) is 5. The minimum absolute atomic E-state index is 0.0783. The second-order valence-corrected chi connectivity index (χ2v) is 7.29. The SMILES string of the molecule is COC(=O)CCCS(=O)(=O)NCc1sccc1Br. The summed E-state index contributed by atoms with van der Waals surface area (Å²) in [6.07, 6.45) is 0.369. The van der Waals surface area contributed by atoms with Gasteiger partial charge in [-0.2, -0.15) is 0 Å². The number of rotatable bonds is 7. The molecule has 0 saturated heterocycles. The van der Waals surface area contributed by atoms with Gasteiger partial charge in [-0.15, -0.1) is 11.3 Å². The first-order valence-electron chi connectivity index (χ1n) is 5.20. The summed E-state index contributed by atoms with van der Waals surface area (Å²) in [5.74, 6) is -0.475. The van der Waals surface area contributed by atoms with E-state index in [-0.39, 0.29) is 25.1 Å². The Morgan fingerprint density at radius 3 is 2.83 bits per heavy atom. The fraction of sp³-hybridized carbons (Fsp3) is 0.500. The molecular formula is C10H14BrNO4S2. The van der Waals surface area contributed by atoms with Crippen LogP contribution < -0.4 is 4.72 Å². The number of halogens is 1. The van der Waals surface area contributed by atoms with Gasteiger partial charge >= 0.3 is 5.97 Å². The highest BCUT2D eigenvalue weighted by molar-refractivity contribution is 9.10. The van der Waals surface area contributed by atoms with Crippen LogP contribution in [0.25, 0.3) is 0 Å². The molecule has 1 rings (SSSR count). The Bertz CT molecular complexity index is 498. The summed E-state index contributed by atoms with van der Waals surface area (Å²) in [5, 5.41) is 1.88. The van der Waals surface area contributed by atoms with Crippen molar-refractivity contribution in [1.82, 2.24) is 4.72 Å². The van der Waals surface area contributed by atoms with Crippen molar-refractivity contribution in [3.63, 3.8) is 0 Å². The minimum Gasteiger partial charge on any atom is -0.469 e. The van der Waals surface area contributed by atoms with Crippen LogP contribution in [0.2, 0.25) is 0 Å². The van der Waals surface area contributed by atoms with E-state index in [4.69, 9.17) is 0 Å². The van der Waals surface area contributed by atoms with Crippen LogP contribution in [0.15, 0.2) is 15.9 Å². The van der Waals surface area contributed by atoms with Crippen molar-refractivity contribution in [3.05, 3.63) is 20.8 Å². The Morgan fingerprint density at radius 1 is 1.56 bits per heavy atom. The first-order valence-corrected chi connectivity index (χ1v) is 8.53. The van der Waals surface area contributed by atoms with E-state index in [2.05, 4.69) is 25.4 Å². The summed E-state index contributed by atoms with van der Waals surface area (Å²) in [6.45, 7) is 0.263. The van der Waals surface area contributed by atoms with Gasteiger partial charge in [0.15, 0.2) is 0 Å². The lowest BCUT2D eigenvalue weighted by molar-refractivity contribution is -0.140. The average Bonchev–Trinajstić information content (AvgIpc) is 2.72. The van der Waals surface area contributed by atoms with E-state index in [0.717, 1.165) is 9.35 Å². The zero-order valence-corrected chi connectivity index (χ0v) is 13.0. The van der Waals surface area contributed by atoms with Crippen molar-refractivity contribution < 1.29 is 17.9 Å². The van der Waals surface area contributed by atoms with Crippen LogP contribution in [-0.4, -0.2) is 27.2 Å². The first kappa shape index (κ1) is 15.6. The van der Waals surface area contributed by atoms with Crippen LogP contribution in [0.1, 0.15) is 17.7 Å². The van der Waals surface area contributed by atoms with Gasteiger partial charge in [0.2, 0.25) is 10.0 Å². The van der Waals surface area contributed by atoms with Gasteiger partial charge in [-0.25, -0.2) is 13.1 Å². The number of thiophene rings is 1. The zero-order valence-electron chi connectivity index (χ0n) is 9.81. The number of nitrogens with one attached hydrogen (secondary N) is 1. The Hall–Kier alpha value is -0.440. The molecule has 5 nitrogen and oxygen atoms in total. The number of hydrogen-bond donors (Lipinski definition) is 1. The predicted octanol–water partition coefficient (Wildman–Crippen LogP) is 1.88. The topological polar surface area (TPSA) is 72.5 Å². The average molecular weight is 356 g/mol. The molecule has 0 unspecified atom stereocenters. The minimum atomic E-state index is -3.35. The fourth-order valence-corrected chi connectivity index (χ4v) is 3.76. The maximum atomic E-state index is 11.6. The monoisotopic (exact) mass is 355 g/mol. The molecule has 0 fully saturated rings. The van der Waals surface area contributed by atoms with Crippen molar-refractivity contribution in [2.75, 3.05) is 12.9 Å². The normalized spacial score (nSPS) is 11.4. The molecule has 1 heterocycles. The molecule has 0 saturated carbocycles. The maximum absolute atomic E-state index is 11.6. The summed E-state index contributed by atoms with van der Waals surface area (Å²) in [4.78, 5) is 11.8. The third kappa shape index (κ3) is 5.47. The number of sulfonamides is 1. The molecule has 0 aliphatic heterocycles. The third-order valence-electron chi connectivity index (χ3n) is 2.17. The molecule has 0 aromatic carbocycles. The Morgan fingerprint density at radius 2 is 2.28 bits per heavy atom. The molecular weight excluding hydrogens is 342 g/mol. The first-order chi connectivity index (χ1) is 8.44. The molecule has 18 heavy (non-hydrogen) atoms. The van der Waals surface area contributed by atoms with Gasteiger partial charge in [0.1, 0.15) is 0 Å². The Kier molecular flexibility index (Phi) is 6.27. The van der Waals surface area contributed by atoms with Crippen LogP contribution >= 0.6 is 27.3 Å². The number of carbonyl (C=O) groups excluding carboxylic acids is 1. The lowest BCUT2D eigenvalue weighted by atomic mass is 10.3. The molecule has 0 spiro atoms. The van der Waals surface area contributed by atoms with Gasteiger partial charge in [-0.05, 0) is 33.8 Å². The molecule has 1 aromatic rings. The number of ether oxygens (including phenoxy) is 1. The molecule has 1 N–H and O–H groups in total. The van der Waals surface area contributed by atoms with Crippen molar-refractivity contribution in [2.45, 2.75) is 19.4 Å². The second-order valence-electron chi connectivity index (χ2n) is 3.51. The molecule has 0 aliphatic carbocycles. The van der Waals surface area contributed by atoms with Crippen LogP contribution in [-0.2, 0) is 26.1 Å². The van der Waals surface area contributed by atoms with E-state index >= 15 is 0 Å². The Balaban J connectivity index is 2.36. The van der Waals surface area contributed by atoms with Gasteiger partial charge < -0.3 is 4.74 Å². The van der Waals surface area contributed by atoms with Gasteiger partial charge in [0.05, 0.1) is 12.9 Å². The van der Waals surface area contributed by atoms with E-state index in [1.54, 1.807) is 0 Å². The molecule has 0 atom stereocenters. The van der Waals surface area contributed by atoms with Crippen molar-refractivity contribution >= 4 is 43.3 Å². The highest BCUT2D eigenvalue weighted by Crippen LogP contribution is 2.22. The number of esters is 1. The van der Waals surface area contributed by atoms with E-state index < -0.39 is 16.0 Å². The molecule has 0 aliphatic rings. The van der Waals surface area contributed by atoms with Crippen molar-refractivity contribution in [2.24, 2.45) is 0 Å². The Labute approximate surface area is 119 Å². The maximum Gasteiger partial charge on any atom is 0.305 e. The van der Waals surface area contributed by atoms with Crippen molar-refractivity contribution in [3.8, 4) is 0 Å². The van der Waals surface area contributed by atoms with Gasteiger partial charge in [0, 0.05) is 22.3 Å². The predicted molar refractivity (Wildman–Crippen MR) is 73.9 cm³/mol. The van der Waals surface area contributed by atoms with E-state index in [0.29, 0.717) is 0 Å². The van der Waals surface area contributed by atoms with Crippen LogP contribution in [0, 0.1) is 0 Å². The smallest absolute Gasteiger partial charge is 0.305 e. The van der Waals surface area contributed by atoms with Gasteiger partial charge in [0.25, 0.3) is 0 Å². The summed E-state index contributed by atoms with van der Waals surface area (Å²) >= 11 is 4.80. The van der Waals surface area contributed by atoms with Crippen LogP contribution in [0.5, 0.6) is 0 Å². The van der Waals surface area contributed by atoms with E-state index in [1.165, 1.54) is 18.4 Å². The molecule has 0 bridgehead atoms. The lowest BCUT2D eigenvalue weighted by Gasteiger charge is -2.05. The summed E-state index contributed by atoms with van der Waals surface area (Å²) < 4.78 is 31.1. The molecule has 0 amide bonds. The number of carbonyl (C=O) groups is 1. The highest BCUT2D eigenvalue weighted by atomic mass is 79.9. The van der Waals surface area contributed by atoms with Crippen LogP contribution in [0.4, 0.5) is 0 Å². The molecule has 8 heteroatoms. The summed E-state index contributed by atoms with van der Waals surface area (Å²) in [7, 11) is -2.07. The summed E-state index contributed by atoms with van der Waals surface area (Å²) in [5.41, 5.74) is 0. The largest absolute Gasteiger partial charge is 0.469 e. The van der Waals surface area contributed by atoms with E-state index in [1.807, 2.05) is 11.4 Å². The molecule has 102 valence electrons. The van der Waals surface area contributed by atoms with Gasteiger partial charge in [-0.1, -0.05) is 0 Å². The van der Waals surface area contributed by atoms with Gasteiger partial charge in [-0.3, -0.25) is 4.79 Å². The standard InChI is InChI=1S/C10H14BrNO4S2/c1-16-10(13)3-2-6-18(14,15)12-7-9-8(11)4-5-17-9/h4-5,12H,2-3,6-7H2,1H3. The second kappa shape index (κ2) is 7.22. The third-order valence-corrected chi connectivity index (χ3v) is 5.50. The summed E-state index contributed by atoms with van der Waals surface area (Å²) in [6, 6.07) is 1.87. The van der Waals surface area contributed by atoms with E-state index in [9.17, 15) is 13.2 Å². The lowest BCUT2D eigenvalue weighted by Crippen LogP contribution is -2.26. The molecule has 0 radical (unpaired) electrons. The highest BCUT2D eigenvalue weighted by Gasteiger charge is 2.12. The number of methoxy groups -OCH3 is 1. The fourth-order valence-electron chi connectivity index (χ4n) is 1.21. The zero-order chi connectivity index (χ0) is 13.6. The van der Waals surface area contributed by atoms with Crippen LogP contribution in [0.3, 0.4) is 0 Å². The van der Waals surface area contributed by atoms with Crippen molar-refractivity contribution in [1.29, 1.82) is 0 Å². The quantitative estimate of drug-likeness (QED) is 0.758.